The van der Waals surface area contributed by atoms with E-state index < -0.39 is 8.96 Å². The molecule has 0 fully saturated rings. The van der Waals surface area contributed by atoms with Crippen LogP contribution in [0.5, 0.6) is 0 Å². The van der Waals surface area contributed by atoms with Crippen molar-refractivity contribution in [2.75, 3.05) is 13.1 Å². The summed E-state index contributed by atoms with van der Waals surface area (Å²) in [4.78, 5) is 0. The molecule has 0 aliphatic heterocycles. The van der Waals surface area contributed by atoms with Crippen molar-refractivity contribution in [2.24, 2.45) is 0 Å². The van der Waals surface area contributed by atoms with Crippen LogP contribution in [0.1, 0.15) is 33.3 Å². The van der Waals surface area contributed by atoms with E-state index >= 15 is 0 Å². The number of hydrogen-bond acceptors (Lipinski definition) is 1. The second-order valence-electron chi connectivity index (χ2n) is 4.33. The first-order chi connectivity index (χ1) is 8.13. The lowest BCUT2D eigenvalue weighted by Gasteiger charge is -2.27. The summed E-state index contributed by atoms with van der Waals surface area (Å²) in [6.07, 6.45) is 0. The van der Waals surface area contributed by atoms with Gasteiger partial charge >= 0.3 is 0 Å². The fraction of sp³-hybridized carbons (Fsp3) is 0.467. The maximum Gasteiger partial charge on any atom is 0.172 e. The van der Waals surface area contributed by atoms with Crippen LogP contribution >= 0.6 is 0 Å². The van der Waals surface area contributed by atoms with Gasteiger partial charge in [0, 0.05) is 0 Å². The molecule has 0 aliphatic carbocycles. The van der Waals surface area contributed by atoms with E-state index in [4.69, 9.17) is 0 Å². The molecular weight excluding hydrogens is 222 g/mol. The normalized spacial score (nSPS) is 11.2. The first-order valence-corrected chi connectivity index (χ1v) is 8.16. The zero-order valence-corrected chi connectivity index (χ0v) is 12.6. The van der Waals surface area contributed by atoms with Crippen molar-refractivity contribution in [1.82, 2.24) is 4.57 Å². The molecule has 1 rings (SSSR count). The fourth-order valence-electron chi connectivity index (χ4n) is 2.18. The molecule has 0 saturated heterocycles. The molecule has 17 heavy (non-hydrogen) atoms. The number of hydrogen-bond donors (Lipinski definition) is 0. The van der Waals surface area contributed by atoms with E-state index in [-0.39, 0.29) is 0 Å². The van der Waals surface area contributed by atoms with Crippen LogP contribution in [0.3, 0.4) is 0 Å². The number of benzene rings is 1. The fourth-order valence-corrected chi connectivity index (χ4v) is 4.77. The summed E-state index contributed by atoms with van der Waals surface area (Å²) >= 11 is 0. The Hall–Kier alpha value is -0.863. The van der Waals surface area contributed by atoms with Crippen LogP contribution in [0.25, 0.3) is 5.57 Å². The molecule has 0 heterocycles. The zero-order chi connectivity index (χ0) is 12.8. The van der Waals surface area contributed by atoms with Gasteiger partial charge in [-0.25, -0.2) is 0 Å². The van der Waals surface area contributed by atoms with Crippen molar-refractivity contribution in [2.45, 2.75) is 33.7 Å². The molecule has 1 aromatic rings. The Balaban J connectivity index is 3.03. The highest BCUT2D eigenvalue weighted by Gasteiger charge is 2.18. The highest BCUT2D eigenvalue weighted by Crippen LogP contribution is 2.11. The molecule has 0 aliphatic rings. The lowest BCUT2D eigenvalue weighted by Crippen LogP contribution is -2.47. The van der Waals surface area contributed by atoms with E-state index in [1.54, 1.807) is 0 Å². The van der Waals surface area contributed by atoms with Crippen LogP contribution in [-0.2, 0) is 0 Å². The van der Waals surface area contributed by atoms with Gasteiger partial charge in [-0.05, 0) is 36.8 Å². The summed E-state index contributed by atoms with van der Waals surface area (Å²) in [5, 5.41) is 1.52. The predicted molar refractivity (Wildman–Crippen MR) is 79.9 cm³/mol. The first kappa shape index (κ1) is 14.2. The standard InChI is InChI=1S/C15H24NSi/c1-6-16(7-2)17(8-3)15-11-9-10-14(12-15)13(4)5/h9-12H,4,6-8H2,1-3,5H3. The molecule has 1 radical (unpaired) electrons. The number of rotatable bonds is 6. The third-order valence-corrected chi connectivity index (χ3v) is 6.21. The van der Waals surface area contributed by atoms with E-state index in [0.717, 1.165) is 18.7 Å². The van der Waals surface area contributed by atoms with Gasteiger partial charge in [-0.3, -0.25) is 0 Å². The Morgan fingerprint density at radius 3 is 2.35 bits per heavy atom. The molecular formula is C15H24NSi. The summed E-state index contributed by atoms with van der Waals surface area (Å²) in [5.74, 6) is 0. The van der Waals surface area contributed by atoms with Crippen molar-refractivity contribution >= 4 is 19.7 Å². The smallest absolute Gasteiger partial charge is 0.172 e. The molecule has 0 atom stereocenters. The average molecular weight is 246 g/mol. The lowest BCUT2D eigenvalue weighted by atomic mass is 10.1. The molecule has 1 aromatic carbocycles. The van der Waals surface area contributed by atoms with Gasteiger partial charge in [0.1, 0.15) is 0 Å². The lowest BCUT2D eigenvalue weighted by molar-refractivity contribution is 0.484. The first-order valence-electron chi connectivity index (χ1n) is 6.51. The summed E-state index contributed by atoms with van der Waals surface area (Å²) < 4.78 is 2.61. The maximum absolute atomic E-state index is 4.03. The van der Waals surface area contributed by atoms with Crippen LogP contribution < -0.4 is 5.19 Å². The van der Waals surface area contributed by atoms with Gasteiger partial charge in [0.2, 0.25) is 0 Å². The Labute approximate surface area is 108 Å². The van der Waals surface area contributed by atoms with E-state index in [1.165, 1.54) is 16.8 Å². The van der Waals surface area contributed by atoms with Gasteiger partial charge in [0.15, 0.2) is 8.96 Å². The van der Waals surface area contributed by atoms with Crippen molar-refractivity contribution in [3.8, 4) is 0 Å². The van der Waals surface area contributed by atoms with Crippen LogP contribution in [0.4, 0.5) is 0 Å². The van der Waals surface area contributed by atoms with Crippen LogP contribution in [-0.4, -0.2) is 26.6 Å². The molecule has 0 aromatic heterocycles. The van der Waals surface area contributed by atoms with Crippen LogP contribution in [0.15, 0.2) is 30.8 Å². The summed E-state index contributed by atoms with van der Waals surface area (Å²) in [5.41, 5.74) is 2.44. The van der Waals surface area contributed by atoms with E-state index in [1.807, 2.05) is 0 Å². The molecule has 0 spiro atoms. The second-order valence-corrected chi connectivity index (χ2v) is 7.14. The molecule has 0 amide bonds. The largest absolute Gasteiger partial charge is 0.321 e. The number of allylic oxidation sites excluding steroid dienone is 1. The predicted octanol–water partition coefficient (Wildman–Crippen LogP) is 3.28. The van der Waals surface area contributed by atoms with Gasteiger partial charge in [-0.15, -0.1) is 0 Å². The van der Waals surface area contributed by atoms with Crippen molar-refractivity contribution < 1.29 is 0 Å². The Kier molecular flexibility index (Phi) is 5.66. The Bertz CT molecular complexity index is 369. The highest BCUT2D eigenvalue weighted by molar-refractivity contribution is 6.70. The van der Waals surface area contributed by atoms with Crippen LogP contribution in [0.2, 0.25) is 6.04 Å². The van der Waals surface area contributed by atoms with Gasteiger partial charge < -0.3 is 4.57 Å². The Morgan fingerprint density at radius 1 is 1.24 bits per heavy atom. The van der Waals surface area contributed by atoms with E-state index in [9.17, 15) is 0 Å². The monoisotopic (exact) mass is 246 g/mol. The second kappa shape index (κ2) is 6.77. The topological polar surface area (TPSA) is 3.24 Å². The molecule has 2 heteroatoms. The van der Waals surface area contributed by atoms with Gasteiger partial charge in [-0.1, -0.05) is 57.2 Å². The minimum absolute atomic E-state index is 0.565. The van der Waals surface area contributed by atoms with Crippen LogP contribution in [0, 0.1) is 0 Å². The maximum atomic E-state index is 4.03. The minimum Gasteiger partial charge on any atom is -0.321 e. The summed E-state index contributed by atoms with van der Waals surface area (Å²) in [6.45, 7) is 15.2. The van der Waals surface area contributed by atoms with Crippen molar-refractivity contribution in [1.29, 1.82) is 0 Å². The highest BCUT2D eigenvalue weighted by atomic mass is 28.3. The zero-order valence-electron chi connectivity index (χ0n) is 11.6. The molecule has 0 bridgehead atoms. The summed E-state index contributed by atoms with van der Waals surface area (Å²) in [7, 11) is -0.565. The molecule has 93 valence electrons. The molecule has 0 N–H and O–H groups in total. The van der Waals surface area contributed by atoms with E-state index in [2.05, 4.69) is 63.1 Å². The molecule has 1 nitrogen and oxygen atoms in total. The van der Waals surface area contributed by atoms with Gasteiger partial charge in [-0.2, -0.15) is 0 Å². The SMILES string of the molecule is C=C(C)c1cccc([Si](CC)N(CC)CC)c1. The number of nitrogens with zero attached hydrogens (tertiary/aromatic N) is 1. The molecule has 0 saturated carbocycles. The summed E-state index contributed by atoms with van der Waals surface area (Å²) in [6, 6.07) is 10.2. The van der Waals surface area contributed by atoms with Crippen molar-refractivity contribution in [3.63, 3.8) is 0 Å². The third-order valence-electron chi connectivity index (χ3n) is 3.17. The van der Waals surface area contributed by atoms with Gasteiger partial charge in [0.05, 0.1) is 0 Å². The third kappa shape index (κ3) is 3.55. The van der Waals surface area contributed by atoms with E-state index in [0.29, 0.717) is 0 Å². The average Bonchev–Trinajstić information content (AvgIpc) is 2.35. The molecule has 0 unspecified atom stereocenters. The Morgan fingerprint density at radius 2 is 1.88 bits per heavy atom. The quantitative estimate of drug-likeness (QED) is 0.696. The van der Waals surface area contributed by atoms with Crippen molar-refractivity contribution in [3.05, 3.63) is 36.4 Å². The minimum atomic E-state index is -0.565. The van der Waals surface area contributed by atoms with Gasteiger partial charge in [0.25, 0.3) is 0 Å².